The number of rotatable bonds is 6. The third-order valence-corrected chi connectivity index (χ3v) is 4.54. The summed E-state index contributed by atoms with van der Waals surface area (Å²) in [7, 11) is 1.80. The molecular formula is C19H31NO3. The molecule has 1 amide bonds. The molecule has 0 bridgehead atoms. The van der Waals surface area contributed by atoms with Crippen LogP contribution in [0.5, 0.6) is 0 Å². The Balaban J connectivity index is 2.68. The normalized spacial score (nSPS) is 30.3. The Morgan fingerprint density at radius 1 is 1.48 bits per heavy atom. The van der Waals surface area contributed by atoms with Crippen molar-refractivity contribution >= 4 is 5.91 Å². The molecule has 1 aliphatic heterocycles. The molecule has 1 N–H and O–H groups in total. The van der Waals surface area contributed by atoms with Gasteiger partial charge in [-0.1, -0.05) is 37.3 Å². The van der Waals surface area contributed by atoms with Gasteiger partial charge in [0.2, 0.25) is 5.91 Å². The quantitative estimate of drug-likeness (QED) is 0.604. The number of likely N-dealkylation sites (N-methyl/N-ethyl adjacent to an activating group) is 1. The molecule has 1 heterocycles. The molecule has 0 aromatic heterocycles. The number of ether oxygens (including phenoxy) is 1. The van der Waals surface area contributed by atoms with E-state index in [0.29, 0.717) is 5.92 Å². The van der Waals surface area contributed by atoms with Crippen molar-refractivity contribution in [1.82, 2.24) is 4.90 Å². The molecule has 23 heavy (non-hydrogen) atoms. The average Bonchev–Trinajstić information content (AvgIpc) is 2.51. The molecular weight excluding hydrogens is 290 g/mol. The molecule has 4 nitrogen and oxygen atoms in total. The third-order valence-electron chi connectivity index (χ3n) is 4.54. The number of carbonyl (C=O) groups excluding carboxylic acids is 1. The summed E-state index contributed by atoms with van der Waals surface area (Å²) >= 11 is 0. The highest BCUT2D eigenvalue weighted by molar-refractivity contribution is 5.87. The van der Waals surface area contributed by atoms with E-state index >= 15 is 0 Å². The summed E-state index contributed by atoms with van der Waals surface area (Å²) in [5.74, 6) is 0.278. The maximum atomic E-state index is 12.2. The van der Waals surface area contributed by atoms with Gasteiger partial charge < -0.3 is 14.7 Å². The minimum absolute atomic E-state index is 0.0115. The maximum Gasteiger partial charge on any atom is 0.246 e. The zero-order valence-corrected chi connectivity index (χ0v) is 15.0. The second-order valence-electron chi connectivity index (χ2n) is 6.60. The molecule has 0 radical (unpaired) electrons. The fourth-order valence-electron chi connectivity index (χ4n) is 2.87. The van der Waals surface area contributed by atoms with Crippen LogP contribution in [0.4, 0.5) is 0 Å². The summed E-state index contributed by atoms with van der Waals surface area (Å²) in [6.07, 6.45) is 8.27. The van der Waals surface area contributed by atoms with Gasteiger partial charge in [-0.2, -0.15) is 0 Å². The summed E-state index contributed by atoms with van der Waals surface area (Å²) in [6.45, 7) is 11.6. The maximum absolute atomic E-state index is 12.2. The van der Waals surface area contributed by atoms with Gasteiger partial charge in [0.05, 0.1) is 24.4 Å². The lowest BCUT2D eigenvalue weighted by atomic mass is 9.87. The van der Waals surface area contributed by atoms with Crippen LogP contribution in [0.15, 0.2) is 36.5 Å². The van der Waals surface area contributed by atoms with Crippen molar-refractivity contribution in [2.45, 2.75) is 64.9 Å². The Bertz CT molecular complexity index is 467. The Morgan fingerprint density at radius 3 is 2.70 bits per heavy atom. The van der Waals surface area contributed by atoms with E-state index in [0.717, 1.165) is 18.4 Å². The Labute approximate surface area is 140 Å². The van der Waals surface area contributed by atoms with Crippen LogP contribution in [0, 0.1) is 5.92 Å². The van der Waals surface area contributed by atoms with E-state index in [1.165, 1.54) is 12.2 Å². The lowest BCUT2D eigenvalue weighted by molar-refractivity contribution is -0.142. The summed E-state index contributed by atoms with van der Waals surface area (Å²) in [6, 6.07) is 0.0527. The van der Waals surface area contributed by atoms with Crippen molar-refractivity contribution in [1.29, 1.82) is 0 Å². The lowest BCUT2D eigenvalue weighted by Crippen LogP contribution is -2.51. The van der Waals surface area contributed by atoms with E-state index in [9.17, 15) is 9.90 Å². The fourth-order valence-corrected chi connectivity index (χ4v) is 2.87. The first-order valence-electron chi connectivity index (χ1n) is 8.34. The van der Waals surface area contributed by atoms with Crippen molar-refractivity contribution < 1.29 is 14.6 Å². The van der Waals surface area contributed by atoms with Crippen LogP contribution >= 0.6 is 0 Å². The number of allylic oxidation sites excluding steroid dienone is 2. The number of carbonyl (C=O) groups is 1. The highest BCUT2D eigenvalue weighted by Crippen LogP contribution is 2.30. The van der Waals surface area contributed by atoms with Gasteiger partial charge in [0, 0.05) is 13.1 Å². The van der Waals surface area contributed by atoms with Gasteiger partial charge in [-0.15, -0.1) is 0 Å². The van der Waals surface area contributed by atoms with E-state index < -0.39 is 6.10 Å². The molecule has 1 saturated heterocycles. The second-order valence-corrected chi connectivity index (χ2v) is 6.60. The van der Waals surface area contributed by atoms with Crippen molar-refractivity contribution in [2.75, 3.05) is 7.05 Å². The molecule has 1 fully saturated rings. The standard InChI is InChI=1S/C19H31NO3/c1-7-13(2)8-10-18-14(3)12-17(16(5)23-18)20(6)19(22)11-9-15(4)21/h7-9,11,14-18,21H,1,10,12H2,2-6H3/b11-9-,13-8+/t14-,15-,16+,17+,18-/m0/s1. The Hall–Kier alpha value is -1.39. The monoisotopic (exact) mass is 321 g/mol. The molecule has 0 aromatic carbocycles. The van der Waals surface area contributed by atoms with E-state index in [2.05, 4.69) is 19.6 Å². The summed E-state index contributed by atoms with van der Waals surface area (Å²) in [5.41, 5.74) is 1.16. The van der Waals surface area contributed by atoms with Gasteiger partial charge >= 0.3 is 0 Å². The molecule has 1 aliphatic rings. The zero-order valence-electron chi connectivity index (χ0n) is 15.0. The highest BCUT2D eigenvalue weighted by Gasteiger charge is 2.36. The molecule has 5 atom stereocenters. The minimum atomic E-state index is -0.615. The first-order valence-corrected chi connectivity index (χ1v) is 8.34. The third kappa shape index (κ3) is 5.96. The van der Waals surface area contributed by atoms with E-state index in [1.54, 1.807) is 18.9 Å². The smallest absolute Gasteiger partial charge is 0.246 e. The number of hydrogen-bond donors (Lipinski definition) is 1. The van der Waals surface area contributed by atoms with Gasteiger partial charge in [0.1, 0.15) is 0 Å². The largest absolute Gasteiger partial charge is 0.389 e. The minimum Gasteiger partial charge on any atom is -0.389 e. The number of aliphatic hydroxyl groups is 1. The number of nitrogens with zero attached hydrogens (tertiary/aromatic N) is 1. The second kappa shape index (κ2) is 9.04. The zero-order chi connectivity index (χ0) is 17.6. The number of aliphatic hydroxyl groups excluding tert-OH is 1. The summed E-state index contributed by atoms with van der Waals surface area (Å²) in [5, 5.41) is 9.25. The van der Waals surface area contributed by atoms with Crippen LogP contribution in [-0.2, 0) is 9.53 Å². The van der Waals surface area contributed by atoms with Crippen molar-refractivity contribution in [3.05, 3.63) is 36.5 Å². The number of amides is 1. The van der Waals surface area contributed by atoms with Crippen molar-refractivity contribution in [3.8, 4) is 0 Å². The van der Waals surface area contributed by atoms with Crippen LogP contribution in [0.2, 0.25) is 0 Å². The van der Waals surface area contributed by atoms with Crippen molar-refractivity contribution in [2.24, 2.45) is 5.92 Å². The number of hydrogen-bond acceptors (Lipinski definition) is 3. The lowest BCUT2D eigenvalue weighted by Gasteiger charge is -2.42. The van der Waals surface area contributed by atoms with Crippen LogP contribution in [0.25, 0.3) is 0 Å². The van der Waals surface area contributed by atoms with Gasteiger partial charge in [-0.3, -0.25) is 4.79 Å². The highest BCUT2D eigenvalue weighted by atomic mass is 16.5. The van der Waals surface area contributed by atoms with Crippen LogP contribution in [-0.4, -0.2) is 47.3 Å². The predicted molar refractivity (Wildman–Crippen MR) is 94.1 cm³/mol. The molecule has 0 aromatic rings. The predicted octanol–water partition coefficient (Wildman–Crippen LogP) is 3.09. The van der Waals surface area contributed by atoms with E-state index in [-0.39, 0.29) is 24.2 Å². The van der Waals surface area contributed by atoms with Crippen molar-refractivity contribution in [3.63, 3.8) is 0 Å². The summed E-state index contributed by atoms with van der Waals surface area (Å²) in [4.78, 5) is 13.9. The molecule has 0 unspecified atom stereocenters. The van der Waals surface area contributed by atoms with Crippen LogP contribution < -0.4 is 0 Å². The molecule has 1 rings (SSSR count). The first-order chi connectivity index (χ1) is 10.8. The van der Waals surface area contributed by atoms with Crippen LogP contribution in [0.3, 0.4) is 0 Å². The van der Waals surface area contributed by atoms with E-state index in [4.69, 9.17) is 4.74 Å². The molecule has 4 heteroatoms. The SMILES string of the molecule is C=C/C(C)=C/C[C@@H]1O[C@H](C)[C@H](N(C)C(=O)/C=C\[C@H](C)O)C[C@@H]1C. The van der Waals surface area contributed by atoms with Crippen LogP contribution in [0.1, 0.15) is 40.5 Å². The first kappa shape index (κ1) is 19.7. The fraction of sp³-hybridized carbons (Fsp3) is 0.632. The Kier molecular flexibility index (Phi) is 7.73. The molecule has 0 saturated carbocycles. The molecule has 130 valence electrons. The van der Waals surface area contributed by atoms with Gasteiger partial charge in [0.15, 0.2) is 0 Å². The van der Waals surface area contributed by atoms with Gasteiger partial charge in [0.25, 0.3) is 0 Å². The summed E-state index contributed by atoms with van der Waals surface area (Å²) < 4.78 is 6.16. The van der Waals surface area contributed by atoms with E-state index in [1.807, 2.05) is 19.9 Å². The van der Waals surface area contributed by atoms with Gasteiger partial charge in [-0.05, 0) is 39.5 Å². The molecule has 0 aliphatic carbocycles. The topological polar surface area (TPSA) is 49.8 Å². The molecule has 0 spiro atoms. The van der Waals surface area contributed by atoms with Gasteiger partial charge in [-0.25, -0.2) is 0 Å². The Morgan fingerprint density at radius 2 is 2.13 bits per heavy atom. The average molecular weight is 321 g/mol.